The summed E-state index contributed by atoms with van der Waals surface area (Å²) in [6.07, 6.45) is 0.107. The molecule has 2 aliphatic heterocycles. The average molecular weight is 483 g/mol. The summed E-state index contributed by atoms with van der Waals surface area (Å²) in [5, 5.41) is 12.6. The van der Waals surface area contributed by atoms with E-state index in [2.05, 4.69) is 11.8 Å². The van der Waals surface area contributed by atoms with Gasteiger partial charge in [0.05, 0.1) is 29.0 Å². The zero-order valence-corrected chi connectivity index (χ0v) is 19.5. The molecule has 0 spiro atoms. The number of fused-ring (bicyclic) bond motifs is 5. The molecule has 0 saturated carbocycles. The normalized spacial score (nSPS) is 17.7. The van der Waals surface area contributed by atoms with Crippen molar-refractivity contribution < 1.29 is 14.6 Å². The van der Waals surface area contributed by atoms with Gasteiger partial charge < -0.3 is 14.4 Å². The fourth-order valence-corrected chi connectivity index (χ4v) is 4.91. The molecular weight excluding hydrogens is 464 g/mol. The van der Waals surface area contributed by atoms with Crippen LogP contribution >= 0.6 is 11.6 Å². The first kappa shape index (κ1) is 21.6. The number of pyridine rings is 2. The van der Waals surface area contributed by atoms with Crippen LogP contribution < -0.4 is 5.56 Å². The van der Waals surface area contributed by atoms with Crippen LogP contribution in [0.2, 0.25) is 5.02 Å². The van der Waals surface area contributed by atoms with Crippen LogP contribution in [0.15, 0.2) is 59.4 Å². The Bertz CT molecular complexity index is 1680. The van der Waals surface area contributed by atoms with Gasteiger partial charge in [0.2, 0.25) is 0 Å². The van der Waals surface area contributed by atoms with Gasteiger partial charge in [-0.25, -0.2) is 9.78 Å². The molecule has 2 aromatic heterocycles. The van der Waals surface area contributed by atoms with Crippen LogP contribution in [0.25, 0.3) is 22.3 Å². The lowest BCUT2D eigenvalue weighted by molar-refractivity contribution is -0.172. The Kier molecular flexibility index (Phi) is 4.82. The van der Waals surface area contributed by atoms with Crippen LogP contribution in [-0.4, -0.2) is 20.6 Å². The topological polar surface area (TPSA) is 81.4 Å². The summed E-state index contributed by atoms with van der Waals surface area (Å²) >= 11 is 5.96. The lowest BCUT2D eigenvalue weighted by Gasteiger charge is -2.31. The molecule has 1 atom stereocenters. The molecule has 0 fully saturated rings. The van der Waals surface area contributed by atoms with Crippen molar-refractivity contribution in [2.75, 3.05) is 0 Å². The van der Waals surface area contributed by atoms with Gasteiger partial charge in [-0.1, -0.05) is 36.4 Å². The van der Waals surface area contributed by atoms with E-state index < -0.39 is 11.6 Å². The van der Waals surface area contributed by atoms with E-state index in [4.69, 9.17) is 21.3 Å². The highest BCUT2D eigenvalue weighted by molar-refractivity contribution is 6.30. The third-order valence-corrected chi connectivity index (χ3v) is 6.99. The summed E-state index contributed by atoms with van der Waals surface area (Å²) in [4.78, 5) is 30.5. The average Bonchev–Trinajstić information content (AvgIpc) is 3.23. The van der Waals surface area contributed by atoms with Crippen molar-refractivity contribution in [2.24, 2.45) is 0 Å². The van der Waals surface area contributed by atoms with Gasteiger partial charge in [0.15, 0.2) is 5.60 Å². The van der Waals surface area contributed by atoms with Crippen molar-refractivity contribution in [3.05, 3.63) is 97.8 Å². The minimum absolute atomic E-state index is 0.107. The summed E-state index contributed by atoms with van der Waals surface area (Å²) in [6, 6.07) is 16.8. The van der Waals surface area contributed by atoms with Crippen molar-refractivity contribution in [2.45, 2.75) is 32.1 Å². The lowest BCUT2D eigenvalue weighted by atomic mass is 9.86. The smallest absolute Gasteiger partial charge is 0.343 e. The Morgan fingerprint density at radius 2 is 1.94 bits per heavy atom. The maximum Gasteiger partial charge on any atom is 0.343 e. The van der Waals surface area contributed by atoms with Crippen molar-refractivity contribution in [3.63, 3.8) is 0 Å². The number of cyclic esters (lactones) is 1. The second-order valence-corrected chi connectivity index (χ2v) is 9.16. The molecule has 0 radical (unpaired) electrons. The molecule has 2 aromatic carbocycles. The zero-order chi connectivity index (χ0) is 24.3. The molecule has 0 amide bonds. The lowest BCUT2D eigenvalue weighted by Crippen LogP contribution is -2.44. The maximum absolute atomic E-state index is 13.3. The van der Waals surface area contributed by atoms with Crippen LogP contribution in [0.4, 0.5) is 0 Å². The number of benzene rings is 2. The minimum atomic E-state index is -1.84. The molecule has 4 aromatic rings. The molecule has 1 N–H and O–H groups in total. The summed E-state index contributed by atoms with van der Waals surface area (Å²) in [5.41, 5.74) is 3.06. The largest absolute Gasteiger partial charge is 0.458 e. The Morgan fingerprint density at radius 3 is 2.71 bits per heavy atom. The number of ether oxygens (including phenoxy) is 1. The van der Waals surface area contributed by atoms with E-state index in [1.165, 1.54) is 0 Å². The fourth-order valence-electron chi connectivity index (χ4n) is 4.78. The SMILES string of the molecule is CC[C@@]1(O)C(=O)OCc2c1cc1n(c2=O)Cc2cc3c(C#Cc4ccc(Cl)cc4)cccc3nc2-1. The molecule has 0 aliphatic carbocycles. The number of hydrogen-bond acceptors (Lipinski definition) is 5. The first-order valence-electron chi connectivity index (χ1n) is 11.3. The highest BCUT2D eigenvalue weighted by Gasteiger charge is 2.45. The predicted molar refractivity (Wildman–Crippen MR) is 132 cm³/mol. The molecule has 0 bridgehead atoms. The van der Waals surface area contributed by atoms with Crippen LogP contribution in [0.1, 0.15) is 41.2 Å². The third kappa shape index (κ3) is 3.28. The second kappa shape index (κ2) is 7.81. The number of esters is 1. The van der Waals surface area contributed by atoms with Gasteiger partial charge in [0, 0.05) is 32.7 Å². The van der Waals surface area contributed by atoms with Gasteiger partial charge in [-0.2, -0.15) is 0 Å². The summed E-state index contributed by atoms with van der Waals surface area (Å²) in [7, 11) is 0. The number of hydrogen-bond donors (Lipinski definition) is 1. The number of carbonyl (C=O) groups is 1. The highest BCUT2D eigenvalue weighted by Crippen LogP contribution is 2.38. The van der Waals surface area contributed by atoms with E-state index in [0.717, 1.165) is 27.6 Å². The number of carbonyl (C=O) groups excluding carboxylic acids is 1. The number of aromatic nitrogens is 2. The van der Waals surface area contributed by atoms with Gasteiger partial charge in [-0.15, -0.1) is 0 Å². The van der Waals surface area contributed by atoms with Gasteiger partial charge in [0.25, 0.3) is 5.56 Å². The quantitative estimate of drug-likeness (QED) is 0.287. The van der Waals surface area contributed by atoms with Crippen LogP contribution in [0.5, 0.6) is 0 Å². The maximum atomic E-state index is 13.3. The fraction of sp³-hybridized carbons (Fsp3) is 0.179. The molecule has 35 heavy (non-hydrogen) atoms. The van der Waals surface area contributed by atoms with E-state index in [1.807, 2.05) is 36.4 Å². The predicted octanol–water partition coefficient (Wildman–Crippen LogP) is 4.13. The Labute approximate surface area is 205 Å². The number of aliphatic hydroxyl groups is 1. The minimum Gasteiger partial charge on any atom is -0.458 e. The van der Waals surface area contributed by atoms with E-state index in [-0.39, 0.29) is 18.6 Å². The number of rotatable bonds is 1. The molecule has 6 rings (SSSR count). The van der Waals surface area contributed by atoms with Gasteiger partial charge in [-0.3, -0.25) is 4.79 Å². The van der Waals surface area contributed by atoms with E-state index in [1.54, 1.807) is 29.7 Å². The summed E-state index contributed by atoms with van der Waals surface area (Å²) in [5.74, 6) is 5.66. The molecule has 0 saturated heterocycles. The van der Waals surface area contributed by atoms with E-state index in [9.17, 15) is 14.7 Å². The molecule has 4 heterocycles. The van der Waals surface area contributed by atoms with Crippen LogP contribution in [0, 0.1) is 11.8 Å². The highest BCUT2D eigenvalue weighted by atomic mass is 35.5. The van der Waals surface area contributed by atoms with Gasteiger partial charge in [0.1, 0.15) is 6.61 Å². The summed E-state index contributed by atoms with van der Waals surface area (Å²) in [6.45, 7) is 1.89. The molecule has 7 heteroatoms. The van der Waals surface area contributed by atoms with Crippen molar-refractivity contribution in [1.29, 1.82) is 0 Å². The van der Waals surface area contributed by atoms with E-state index in [0.29, 0.717) is 34.1 Å². The Morgan fingerprint density at radius 1 is 1.14 bits per heavy atom. The second-order valence-electron chi connectivity index (χ2n) is 8.73. The molecule has 172 valence electrons. The van der Waals surface area contributed by atoms with Crippen LogP contribution in [-0.2, 0) is 28.3 Å². The standard InChI is InChI=1S/C28H19ClN2O4/c1-2-28(34)22-13-24-25-18(14-31(24)26(32)21(22)15-35-27(28)33)12-20-17(4-3-5-23(20)30-25)9-6-16-7-10-19(29)11-8-16/h3-5,7-8,10-13,34H,2,14-15H2,1H3/t28-/m0/s1. The zero-order valence-electron chi connectivity index (χ0n) is 18.8. The molecule has 0 unspecified atom stereocenters. The third-order valence-electron chi connectivity index (χ3n) is 6.74. The molecule has 6 nitrogen and oxygen atoms in total. The van der Waals surface area contributed by atoms with Crippen molar-refractivity contribution in [3.8, 4) is 23.2 Å². The monoisotopic (exact) mass is 482 g/mol. The number of nitrogens with zero attached hydrogens (tertiary/aromatic N) is 2. The van der Waals surface area contributed by atoms with Crippen LogP contribution in [0.3, 0.4) is 0 Å². The van der Waals surface area contributed by atoms with Gasteiger partial charge >= 0.3 is 5.97 Å². The Hall–Kier alpha value is -3.92. The first-order valence-corrected chi connectivity index (χ1v) is 11.6. The molecule has 2 aliphatic rings. The van der Waals surface area contributed by atoms with E-state index >= 15 is 0 Å². The van der Waals surface area contributed by atoms with Crippen molar-refractivity contribution >= 4 is 28.5 Å². The summed E-state index contributed by atoms with van der Waals surface area (Å²) < 4.78 is 6.77. The number of halogens is 1. The Balaban J connectivity index is 1.50. The van der Waals surface area contributed by atoms with Gasteiger partial charge in [-0.05, 0) is 55.0 Å². The molecular formula is C28H19ClN2O4. The van der Waals surface area contributed by atoms with Crippen molar-refractivity contribution in [1.82, 2.24) is 9.55 Å². The first-order chi connectivity index (χ1) is 16.9.